The van der Waals surface area contributed by atoms with Crippen LogP contribution in [-0.2, 0) is 6.42 Å². The molecule has 0 bridgehead atoms. The van der Waals surface area contributed by atoms with E-state index in [1.807, 2.05) is 6.92 Å². The Balaban J connectivity index is 1.91. The van der Waals surface area contributed by atoms with Crippen molar-refractivity contribution in [1.29, 1.82) is 0 Å². The standard InChI is InChI=1S/C14H23ClN4/c1-3-12-13(15)17-11(2)18-14(12)16-7-10-19-8-5-4-6-9-19/h3-10H2,1-2H3,(H,16,17,18). The lowest BCUT2D eigenvalue weighted by Crippen LogP contribution is -2.34. The number of aromatic nitrogens is 2. The number of likely N-dealkylation sites (tertiary alicyclic amines) is 1. The molecule has 0 aromatic carbocycles. The first-order chi connectivity index (χ1) is 9.20. The number of hydrogen-bond acceptors (Lipinski definition) is 4. The van der Waals surface area contributed by atoms with E-state index in [4.69, 9.17) is 11.6 Å². The molecule has 1 aromatic heterocycles. The number of anilines is 1. The maximum absolute atomic E-state index is 6.16. The molecule has 1 aliphatic heterocycles. The number of nitrogens with one attached hydrogen (secondary N) is 1. The van der Waals surface area contributed by atoms with E-state index in [2.05, 4.69) is 27.1 Å². The third-order valence-electron chi connectivity index (χ3n) is 3.59. The number of halogens is 1. The van der Waals surface area contributed by atoms with Gasteiger partial charge in [-0.1, -0.05) is 24.9 Å². The molecule has 0 radical (unpaired) electrons. The molecule has 0 unspecified atom stereocenters. The van der Waals surface area contributed by atoms with Gasteiger partial charge in [0.15, 0.2) is 0 Å². The third-order valence-corrected chi connectivity index (χ3v) is 3.90. The average Bonchev–Trinajstić information content (AvgIpc) is 2.39. The number of nitrogens with zero attached hydrogens (tertiary/aromatic N) is 3. The SMILES string of the molecule is CCc1c(Cl)nc(C)nc1NCCN1CCCCC1. The van der Waals surface area contributed by atoms with Crippen molar-refractivity contribution in [2.45, 2.75) is 39.5 Å². The highest BCUT2D eigenvalue weighted by Crippen LogP contribution is 2.21. The van der Waals surface area contributed by atoms with Gasteiger partial charge in [0.25, 0.3) is 0 Å². The molecular formula is C14H23ClN4. The van der Waals surface area contributed by atoms with Gasteiger partial charge in [0.2, 0.25) is 0 Å². The van der Waals surface area contributed by atoms with Crippen LogP contribution in [0.15, 0.2) is 0 Å². The van der Waals surface area contributed by atoms with Gasteiger partial charge in [-0.05, 0) is 39.3 Å². The van der Waals surface area contributed by atoms with Crippen molar-refractivity contribution in [3.05, 3.63) is 16.5 Å². The Kier molecular flexibility index (Phi) is 5.40. The molecule has 0 spiro atoms. The number of aryl methyl sites for hydroxylation is 1. The fourth-order valence-corrected chi connectivity index (χ4v) is 2.88. The summed E-state index contributed by atoms with van der Waals surface area (Å²) in [6, 6.07) is 0. The Morgan fingerprint density at radius 3 is 2.63 bits per heavy atom. The molecule has 1 saturated heterocycles. The molecule has 19 heavy (non-hydrogen) atoms. The fraction of sp³-hybridized carbons (Fsp3) is 0.714. The summed E-state index contributed by atoms with van der Waals surface area (Å²) in [7, 11) is 0. The monoisotopic (exact) mass is 282 g/mol. The molecule has 0 atom stereocenters. The Morgan fingerprint density at radius 2 is 1.95 bits per heavy atom. The molecule has 1 fully saturated rings. The molecule has 2 rings (SSSR count). The van der Waals surface area contributed by atoms with Crippen LogP contribution >= 0.6 is 11.6 Å². The summed E-state index contributed by atoms with van der Waals surface area (Å²) < 4.78 is 0. The smallest absolute Gasteiger partial charge is 0.138 e. The van der Waals surface area contributed by atoms with Crippen LogP contribution in [0.1, 0.15) is 37.6 Å². The maximum atomic E-state index is 6.16. The van der Waals surface area contributed by atoms with Gasteiger partial charge in [0.1, 0.15) is 16.8 Å². The molecule has 1 N–H and O–H groups in total. The maximum Gasteiger partial charge on any atom is 0.138 e. The first-order valence-electron chi connectivity index (χ1n) is 7.20. The van der Waals surface area contributed by atoms with E-state index in [0.29, 0.717) is 5.15 Å². The molecule has 0 amide bonds. The van der Waals surface area contributed by atoms with Gasteiger partial charge in [0, 0.05) is 18.7 Å². The average molecular weight is 283 g/mol. The molecule has 2 heterocycles. The molecular weight excluding hydrogens is 260 g/mol. The van der Waals surface area contributed by atoms with Gasteiger partial charge in [-0.2, -0.15) is 0 Å². The van der Waals surface area contributed by atoms with E-state index in [1.54, 1.807) is 0 Å². The second-order valence-corrected chi connectivity index (χ2v) is 5.43. The van der Waals surface area contributed by atoms with Crippen molar-refractivity contribution >= 4 is 17.4 Å². The molecule has 1 aromatic rings. The van der Waals surface area contributed by atoms with Crippen molar-refractivity contribution in [1.82, 2.24) is 14.9 Å². The van der Waals surface area contributed by atoms with Crippen LogP contribution in [0.3, 0.4) is 0 Å². The van der Waals surface area contributed by atoms with E-state index < -0.39 is 0 Å². The summed E-state index contributed by atoms with van der Waals surface area (Å²) in [5.74, 6) is 1.62. The van der Waals surface area contributed by atoms with Crippen molar-refractivity contribution in [3.8, 4) is 0 Å². The molecule has 0 saturated carbocycles. The van der Waals surface area contributed by atoms with Crippen molar-refractivity contribution in [3.63, 3.8) is 0 Å². The third kappa shape index (κ3) is 4.05. The highest BCUT2D eigenvalue weighted by atomic mass is 35.5. The molecule has 1 aliphatic rings. The summed E-state index contributed by atoms with van der Waals surface area (Å²) in [6.45, 7) is 8.40. The molecule has 5 heteroatoms. The van der Waals surface area contributed by atoms with Gasteiger partial charge in [0.05, 0.1) is 0 Å². The molecule has 4 nitrogen and oxygen atoms in total. The largest absolute Gasteiger partial charge is 0.368 e. The number of piperidine rings is 1. The second kappa shape index (κ2) is 7.06. The minimum atomic E-state index is 0.579. The van der Waals surface area contributed by atoms with Crippen LogP contribution in [0.5, 0.6) is 0 Å². The van der Waals surface area contributed by atoms with Crippen LogP contribution in [0, 0.1) is 6.92 Å². The molecule has 106 valence electrons. The van der Waals surface area contributed by atoms with Gasteiger partial charge in [-0.25, -0.2) is 9.97 Å². The zero-order chi connectivity index (χ0) is 13.7. The Hall–Kier alpha value is -0.870. The predicted octanol–water partition coefficient (Wildman–Crippen LogP) is 2.90. The van der Waals surface area contributed by atoms with E-state index in [9.17, 15) is 0 Å². The number of hydrogen-bond donors (Lipinski definition) is 1. The zero-order valence-corrected chi connectivity index (χ0v) is 12.6. The number of rotatable bonds is 5. The minimum absolute atomic E-state index is 0.579. The van der Waals surface area contributed by atoms with Crippen molar-refractivity contribution in [2.75, 3.05) is 31.5 Å². The van der Waals surface area contributed by atoms with E-state index in [1.165, 1.54) is 32.4 Å². The molecule has 0 aliphatic carbocycles. The highest BCUT2D eigenvalue weighted by Gasteiger charge is 2.12. The van der Waals surface area contributed by atoms with Crippen LogP contribution in [0.25, 0.3) is 0 Å². The van der Waals surface area contributed by atoms with Crippen LogP contribution in [0.4, 0.5) is 5.82 Å². The highest BCUT2D eigenvalue weighted by molar-refractivity contribution is 6.30. The normalized spacial score (nSPS) is 16.6. The van der Waals surface area contributed by atoms with E-state index in [0.717, 1.165) is 36.7 Å². The van der Waals surface area contributed by atoms with Crippen LogP contribution in [0.2, 0.25) is 5.15 Å². The lowest BCUT2D eigenvalue weighted by molar-refractivity contribution is 0.237. The van der Waals surface area contributed by atoms with Gasteiger partial charge >= 0.3 is 0 Å². The van der Waals surface area contributed by atoms with Crippen LogP contribution in [-0.4, -0.2) is 41.0 Å². The first-order valence-corrected chi connectivity index (χ1v) is 7.57. The summed E-state index contributed by atoms with van der Waals surface area (Å²) >= 11 is 6.16. The Morgan fingerprint density at radius 1 is 1.21 bits per heavy atom. The summed E-state index contributed by atoms with van der Waals surface area (Å²) in [5, 5.41) is 4.00. The Bertz CT molecular complexity index is 416. The lowest BCUT2D eigenvalue weighted by Gasteiger charge is -2.26. The van der Waals surface area contributed by atoms with Crippen molar-refractivity contribution < 1.29 is 0 Å². The van der Waals surface area contributed by atoms with E-state index >= 15 is 0 Å². The predicted molar refractivity (Wildman–Crippen MR) is 79.9 cm³/mol. The van der Waals surface area contributed by atoms with Crippen LogP contribution < -0.4 is 5.32 Å². The van der Waals surface area contributed by atoms with Gasteiger partial charge in [-0.15, -0.1) is 0 Å². The zero-order valence-electron chi connectivity index (χ0n) is 11.9. The van der Waals surface area contributed by atoms with Gasteiger partial charge in [-0.3, -0.25) is 0 Å². The van der Waals surface area contributed by atoms with Crippen molar-refractivity contribution in [2.24, 2.45) is 0 Å². The minimum Gasteiger partial charge on any atom is -0.368 e. The fourth-order valence-electron chi connectivity index (χ4n) is 2.54. The Labute approximate surface area is 120 Å². The summed E-state index contributed by atoms with van der Waals surface area (Å²) in [4.78, 5) is 11.2. The topological polar surface area (TPSA) is 41.1 Å². The summed E-state index contributed by atoms with van der Waals surface area (Å²) in [6.07, 6.45) is 4.90. The van der Waals surface area contributed by atoms with Gasteiger partial charge < -0.3 is 10.2 Å². The second-order valence-electron chi connectivity index (χ2n) is 5.07. The first kappa shape index (κ1) is 14.5. The summed E-state index contributed by atoms with van der Waals surface area (Å²) in [5.41, 5.74) is 1.02. The lowest BCUT2D eigenvalue weighted by atomic mass is 10.1. The quantitative estimate of drug-likeness (QED) is 0.843. The van der Waals surface area contributed by atoms with E-state index in [-0.39, 0.29) is 0 Å².